The van der Waals surface area contributed by atoms with Crippen LogP contribution in [0.15, 0.2) is 0 Å². The van der Waals surface area contributed by atoms with Crippen molar-refractivity contribution in [3.63, 3.8) is 0 Å². The number of rotatable bonds is 8. The Bertz CT molecular complexity index is 337. The number of carbonyl (C=O) groups is 3. The van der Waals surface area contributed by atoms with Gasteiger partial charge in [0.25, 0.3) is 0 Å². The summed E-state index contributed by atoms with van der Waals surface area (Å²) in [5, 5.41) is 19.5. The number of amides is 2. The van der Waals surface area contributed by atoms with Crippen LogP contribution in [0.5, 0.6) is 0 Å². The van der Waals surface area contributed by atoms with Gasteiger partial charge in [0.1, 0.15) is 13.1 Å². The highest BCUT2D eigenvalue weighted by Crippen LogP contribution is 1.96. The van der Waals surface area contributed by atoms with Crippen molar-refractivity contribution in [2.75, 3.05) is 31.1 Å². The molecule has 0 aliphatic rings. The van der Waals surface area contributed by atoms with Crippen LogP contribution in [0.3, 0.4) is 0 Å². The molecular formula is C10H14N2O5S. The van der Waals surface area contributed by atoms with Crippen molar-refractivity contribution in [2.24, 2.45) is 0 Å². The predicted molar refractivity (Wildman–Crippen MR) is 66.4 cm³/mol. The summed E-state index contributed by atoms with van der Waals surface area (Å²) in [4.78, 5) is 33.1. The van der Waals surface area contributed by atoms with Gasteiger partial charge in [-0.15, -0.1) is 18.2 Å². The van der Waals surface area contributed by atoms with Crippen molar-refractivity contribution in [3.8, 4) is 12.3 Å². The Hall–Kier alpha value is -1.88. The maximum Gasteiger partial charge on any atom is 0.323 e. The molecule has 0 atom stereocenters. The SMILES string of the molecule is C#CCSCCNC(=O)N(CC(=O)O)CC(=O)O. The van der Waals surface area contributed by atoms with E-state index in [-0.39, 0.29) is 0 Å². The van der Waals surface area contributed by atoms with E-state index in [0.717, 1.165) is 0 Å². The van der Waals surface area contributed by atoms with Gasteiger partial charge in [0.2, 0.25) is 0 Å². The van der Waals surface area contributed by atoms with Gasteiger partial charge in [-0.05, 0) is 0 Å². The van der Waals surface area contributed by atoms with E-state index in [0.29, 0.717) is 23.0 Å². The predicted octanol–water partition coefficient (Wildman–Crippen LogP) is -0.466. The Kier molecular flexibility index (Phi) is 8.22. The minimum Gasteiger partial charge on any atom is -0.480 e. The lowest BCUT2D eigenvalue weighted by molar-refractivity contribution is -0.140. The Morgan fingerprint density at radius 1 is 1.22 bits per heavy atom. The topological polar surface area (TPSA) is 107 Å². The molecule has 0 heterocycles. The van der Waals surface area contributed by atoms with E-state index < -0.39 is 31.1 Å². The number of carbonyl (C=O) groups excluding carboxylic acids is 1. The summed E-state index contributed by atoms with van der Waals surface area (Å²) in [7, 11) is 0. The van der Waals surface area contributed by atoms with E-state index in [1.165, 1.54) is 11.8 Å². The molecule has 0 aromatic heterocycles. The van der Waals surface area contributed by atoms with Crippen LogP contribution >= 0.6 is 11.8 Å². The number of terminal acetylenes is 1. The fourth-order valence-electron chi connectivity index (χ4n) is 0.999. The Morgan fingerprint density at radius 3 is 2.22 bits per heavy atom. The number of nitrogens with zero attached hydrogens (tertiary/aromatic N) is 1. The molecule has 100 valence electrons. The Morgan fingerprint density at radius 2 is 1.78 bits per heavy atom. The van der Waals surface area contributed by atoms with Crippen LogP contribution in [0.25, 0.3) is 0 Å². The van der Waals surface area contributed by atoms with E-state index >= 15 is 0 Å². The maximum absolute atomic E-state index is 11.5. The average molecular weight is 274 g/mol. The number of hydrogen-bond donors (Lipinski definition) is 3. The van der Waals surface area contributed by atoms with Gasteiger partial charge in [-0.2, -0.15) is 0 Å². The molecule has 8 heteroatoms. The summed E-state index contributed by atoms with van der Waals surface area (Å²) in [5.74, 6) is 0.966. The van der Waals surface area contributed by atoms with Crippen LogP contribution < -0.4 is 5.32 Å². The first kappa shape index (κ1) is 16.1. The molecule has 0 spiro atoms. The second-order valence-electron chi connectivity index (χ2n) is 3.13. The van der Waals surface area contributed by atoms with Gasteiger partial charge in [-0.3, -0.25) is 9.59 Å². The third-order valence-corrected chi connectivity index (χ3v) is 2.51. The minimum absolute atomic E-state index is 0.293. The summed E-state index contributed by atoms with van der Waals surface area (Å²) in [5.41, 5.74) is 0. The molecule has 7 nitrogen and oxygen atoms in total. The van der Waals surface area contributed by atoms with Gasteiger partial charge in [-0.1, -0.05) is 5.92 Å². The summed E-state index contributed by atoms with van der Waals surface area (Å²) in [6.07, 6.45) is 5.03. The van der Waals surface area contributed by atoms with Gasteiger partial charge in [0, 0.05) is 12.3 Å². The Labute approximate surface area is 109 Å². The van der Waals surface area contributed by atoms with Crippen LogP contribution in [-0.4, -0.2) is 64.2 Å². The van der Waals surface area contributed by atoms with E-state index in [1.807, 2.05) is 0 Å². The first-order valence-electron chi connectivity index (χ1n) is 4.95. The summed E-state index contributed by atoms with van der Waals surface area (Å²) in [6, 6.07) is -0.721. The number of nitrogens with one attached hydrogen (secondary N) is 1. The molecule has 0 unspecified atom stereocenters. The molecule has 0 aliphatic heterocycles. The standard InChI is InChI=1S/C10H14N2O5S/c1-2-4-18-5-3-11-10(17)12(6-8(13)14)7-9(15)16/h1H,3-7H2,(H,11,17)(H,13,14)(H,15,16). The fourth-order valence-corrected chi connectivity index (χ4v) is 1.51. The molecule has 0 rings (SSSR count). The molecule has 18 heavy (non-hydrogen) atoms. The number of carboxylic acid groups (broad SMARTS) is 2. The zero-order valence-electron chi connectivity index (χ0n) is 9.59. The zero-order chi connectivity index (χ0) is 14.0. The van der Waals surface area contributed by atoms with Gasteiger partial charge in [0.15, 0.2) is 0 Å². The normalized spacial score (nSPS) is 9.28. The largest absolute Gasteiger partial charge is 0.480 e. The lowest BCUT2D eigenvalue weighted by atomic mass is 10.5. The molecule has 0 fully saturated rings. The van der Waals surface area contributed by atoms with Crippen LogP contribution in [0.2, 0.25) is 0 Å². The smallest absolute Gasteiger partial charge is 0.323 e. The van der Waals surface area contributed by atoms with E-state index in [4.69, 9.17) is 16.6 Å². The summed E-state index contributed by atoms with van der Waals surface area (Å²) < 4.78 is 0. The fraction of sp³-hybridized carbons (Fsp3) is 0.500. The van der Waals surface area contributed by atoms with Crippen molar-refractivity contribution < 1.29 is 24.6 Å². The summed E-state index contributed by atoms with van der Waals surface area (Å²) in [6.45, 7) is -1.02. The highest BCUT2D eigenvalue weighted by molar-refractivity contribution is 7.99. The first-order valence-corrected chi connectivity index (χ1v) is 6.10. The number of urea groups is 1. The van der Waals surface area contributed by atoms with Crippen molar-refractivity contribution in [2.45, 2.75) is 0 Å². The van der Waals surface area contributed by atoms with Crippen LogP contribution in [-0.2, 0) is 9.59 Å². The first-order chi connectivity index (χ1) is 8.47. The molecule has 0 bridgehead atoms. The minimum atomic E-state index is -1.27. The van der Waals surface area contributed by atoms with E-state index in [2.05, 4.69) is 11.2 Å². The molecule has 0 radical (unpaired) electrons. The lowest BCUT2D eigenvalue weighted by Gasteiger charge is -2.18. The van der Waals surface area contributed by atoms with Gasteiger partial charge in [0.05, 0.1) is 5.75 Å². The van der Waals surface area contributed by atoms with Crippen molar-refractivity contribution in [1.82, 2.24) is 10.2 Å². The molecule has 0 aromatic rings. The summed E-state index contributed by atoms with van der Waals surface area (Å²) >= 11 is 1.43. The van der Waals surface area contributed by atoms with Crippen LogP contribution in [0.4, 0.5) is 4.79 Å². The molecule has 0 saturated heterocycles. The highest BCUT2D eigenvalue weighted by Gasteiger charge is 2.18. The maximum atomic E-state index is 11.5. The van der Waals surface area contributed by atoms with Crippen LogP contribution in [0, 0.1) is 12.3 Å². The third kappa shape index (κ3) is 8.29. The van der Waals surface area contributed by atoms with Gasteiger partial charge >= 0.3 is 18.0 Å². The second-order valence-corrected chi connectivity index (χ2v) is 4.24. The van der Waals surface area contributed by atoms with Crippen LogP contribution in [0.1, 0.15) is 0 Å². The molecule has 2 amide bonds. The molecular weight excluding hydrogens is 260 g/mol. The lowest BCUT2D eigenvalue weighted by Crippen LogP contribution is -2.45. The zero-order valence-corrected chi connectivity index (χ0v) is 10.4. The average Bonchev–Trinajstić information content (AvgIpc) is 2.26. The van der Waals surface area contributed by atoms with E-state index in [1.54, 1.807) is 0 Å². The molecule has 0 aromatic carbocycles. The number of aliphatic carboxylic acids is 2. The van der Waals surface area contributed by atoms with Gasteiger partial charge < -0.3 is 20.4 Å². The van der Waals surface area contributed by atoms with Crippen molar-refractivity contribution in [3.05, 3.63) is 0 Å². The monoisotopic (exact) mass is 274 g/mol. The number of thioether (sulfide) groups is 1. The van der Waals surface area contributed by atoms with Crippen molar-refractivity contribution in [1.29, 1.82) is 0 Å². The molecule has 0 saturated carbocycles. The molecule has 0 aliphatic carbocycles. The molecule has 3 N–H and O–H groups in total. The highest BCUT2D eigenvalue weighted by atomic mass is 32.2. The number of carboxylic acids is 2. The quantitative estimate of drug-likeness (QED) is 0.408. The third-order valence-electron chi connectivity index (χ3n) is 1.65. The van der Waals surface area contributed by atoms with Gasteiger partial charge in [-0.25, -0.2) is 4.79 Å². The Balaban J connectivity index is 4.09. The van der Waals surface area contributed by atoms with E-state index in [9.17, 15) is 14.4 Å². The number of hydrogen-bond acceptors (Lipinski definition) is 4. The van der Waals surface area contributed by atoms with Crippen molar-refractivity contribution >= 4 is 29.7 Å². The second kappa shape index (κ2) is 9.18.